The van der Waals surface area contributed by atoms with Gasteiger partial charge in [0, 0.05) is 12.2 Å². The summed E-state index contributed by atoms with van der Waals surface area (Å²) in [5, 5.41) is 0. The van der Waals surface area contributed by atoms with Crippen molar-refractivity contribution in [1.82, 2.24) is 4.90 Å². The summed E-state index contributed by atoms with van der Waals surface area (Å²) in [4.78, 5) is 32.9. The number of sulfone groups is 1. The van der Waals surface area contributed by atoms with Crippen molar-refractivity contribution >= 4 is 48.6 Å². The van der Waals surface area contributed by atoms with E-state index >= 15 is 0 Å². The lowest BCUT2D eigenvalue weighted by Gasteiger charge is -2.33. The van der Waals surface area contributed by atoms with Gasteiger partial charge in [-0.1, -0.05) is 26.8 Å². The summed E-state index contributed by atoms with van der Waals surface area (Å²) >= 11 is 0. The lowest BCUT2D eigenvalue weighted by atomic mass is 9.82. The van der Waals surface area contributed by atoms with Crippen LogP contribution in [0.15, 0.2) is 46.3 Å². The number of benzene rings is 2. The number of amides is 1. The van der Waals surface area contributed by atoms with Gasteiger partial charge in [0.2, 0.25) is 15.9 Å². The Morgan fingerprint density at radius 2 is 1.84 bits per heavy atom. The number of ketones is 1. The van der Waals surface area contributed by atoms with Gasteiger partial charge in [-0.2, -0.15) is 0 Å². The van der Waals surface area contributed by atoms with Crippen LogP contribution in [0.2, 0.25) is 0 Å². The van der Waals surface area contributed by atoms with E-state index in [-0.39, 0.29) is 34.3 Å². The Labute approximate surface area is 220 Å². The van der Waals surface area contributed by atoms with E-state index in [0.717, 1.165) is 12.3 Å². The van der Waals surface area contributed by atoms with Crippen LogP contribution in [-0.2, 0) is 36.0 Å². The third-order valence-corrected chi connectivity index (χ3v) is 8.60. The molecule has 2 aromatic rings. The van der Waals surface area contributed by atoms with E-state index in [0.29, 0.717) is 5.56 Å². The number of sulfonamides is 1. The minimum absolute atomic E-state index is 0.00609. The predicted octanol–water partition coefficient (Wildman–Crippen LogP) is 2.71. The second-order valence-electron chi connectivity index (χ2n) is 10.5. The maximum Gasteiger partial charge on any atom is 0.239 e. The lowest BCUT2D eigenvalue weighted by molar-refractivity contribution is -0.132. The van der Waals surface area contributed by atoms with Crippen molar-refractivity contribution < 1.29 is 35.6 Å². The molecule has 204 valence electrons. The van der Waals surface area contributed by atoms with Crippen LogP contribution in [0.4, 0.5) is 15.8 Å². The van der Waals surface area contributed by atoms with E-state index < -0.39 is 60.5 Å². The van der Waals surface area contributed by atoms with E-state index in [1.54, 1.807) is 20.8 Å². The van der Waals surface area contributed by atoms with Crippen molar-refractivity contribution in [3.8, 4) is 5.75 Å². The van der Waals surface area contributed by atoms with Crippen LogP contribution in [0, 0.1) is 17.2 Å². The normalized spacial score (nSPS) is 21.2. The van der Waals surface area contributed by atoms with Gasteiger partial charge < -0.3 is 9.64 Å². The van der Waals surface area contributed by atoms with Crippen LogP contribution in [0.3, 0.4) is 0 Å². The van der Waals surface area contributed by atoms with Crippen LogP contribution < -0.4 is 9.46 Å². The number of hydrogen-bond donors (Lipinski definition) is 1. The second-order valence-corrected chi connectivity index (χ2v) is 14.2. The number of hydrogen-bond acceptors (Lipinski definition) is 8. The average Bonchev–Trinajstić information content (AvgIpc) is 3.03. The molecule has 0 saturated carbocycles. The Kier molecular flexibility index (Phi) is 6.89. The van der Waals surface area contributed by atoms with Crippen molar-refractivity contribution in [3.63, 3.8) is 0 Å². The highest BCUT2D eigenvalue weighted by molar-refractivity contribution is 7.92. The van der Waals surface area contributed by atoms with Crippen LogP contribution in [-0.4, -0.2) is 64.3 Å². The molecule has 1 fully saturated rings. The molecule has 2 aromatic carbocycles. The molecule has 0 spiro atoms. The number of nitrogens with one attached hydrogen (secondary N) is 1. The Hall–Kier alpha value is -3.32. The number of likely N-dealkylation sites (tertiary alicyclic amines) is 1. The first-order valence-corrected chi connectivity index (χ1v) is 15.1. The molecule has 4 rings (SSSR count). The topological polar surface area (TPSA) is 139 Å². The van der Waals surface area contributed by atoms with Gasteiger partial charge in [-0.25, -0.2) is 21.2 Å². The smallest absolute Gasteiger partial charge is 0.239 e. The summed E-state index contributed by atoms with van der Waals surface area (Å²) in [5.41, 5.74) is -0.183. The van der Waals surface area contributed by atoms with Crippen LogP contribution in [0.25, 0.3) is 0 Å². The van der Waals surface area contributed by atoms with Gasteiger partial charge in [0.1, 0.15) is 5.92 Å². The van der Waals surface area contributed by atoms with Gasteiger partial charge in [-0.05, 0) is 41.3 Å². The van der Waals surface area contributed by atoms with Crippen molar-refractivity contribution in [1.29, 1.82) is 0 Å². The summed E-state index contributed by atoms with van der Waals surface area (Å²) in [7, 11) is -6.37. The maximum absolute atomic E-state index is 13.9. The van der Waals surface area contributed by atoms with E-state index in [2.05, 4.69) is 9.71 Å². The molecule has 10 nitrogen and oxygen atoms in total. The fourth-order valence-electron chi connectivity index (χ4n) is 4.84. The second kappa shape index (κ2) is 9.45. The summed E-state index contributed by atoms with van der Waals surface area (Å²) in [6, 6.07) is 7.10. The number of aliphatic imine (C=N–C) groups is 1. The van der Waals surface area contributed by atoms with E-state index in [1.807, 2.05) is 0 Å². The van der Waals surface area contributed by atoms with Gasteiger partial charge in [0.25, 0.3) is 0 Å². The molecule has 0 aliphatic carbocycles. The Morgan fingerprint density at radius 3 is 2.45 bits per heavy atom. The molecule has 1 amide bonds. The molecule has 2 aliphatic heterocycles. The number of ether oxygens (including phenoxy) is 1. The first-order valence-electron chi connectivity index (χ1n) is 11.6. The van der Waals surface area contributed by atoms with Crippen LogP contribution in [0.5, 0.6) is 5.75 Å². The minimum Gasteiger partial charge on any atom is -0.494 e. The van der Waals surface area contributed by atoms with E-state index in [1.165, 1.54) is 42.3 Å². The summed E-state index contributed by atoms with van der Waals surface area (Å²) < 4.78 is 70.7. The number of anilines is 1. The highest BCUT2D eigenvalue weighted by Gasteiger charge is 2.54. The van der Waals surface area contributed by atoms with Crippen molar-refractivity contribution in [2.75, 3.05) is 23.8 Å². The number of halogens is 1. The molecule has 0 radical (unpaired) electrons. The number of methoxy groups -OCH3 is 1. The quantitative estimate of drug-likeness (QED) is 0.531. The van der Waals surface area contributed by atoms with Gasteiger partial charge in [0.15, 0.2) is 27.2 Å². The van der Waals surface area contributed by atoms with Gasteiger partial charge >= 0.3 is 0 Å². The summed E-state index contributed by atoms with van der Waals surface area (Å²) in [6.45, 7) is 5.38. The Morgan fingerprint density at radius 1 is 1.16 bits per heavy atom. The number of carbonyl (C=O) groups is 2. The number of carbonyl (C=O) groups excluding carboxylic acids is 2. The van der Waals surface area contributed by atoms with Crippen LogP contribution >= 0.6 is 0 Å². The maximum atomic E-state index is 13.9. The summed E-state index contributed by atoms with van der Waals surface area (Å²) in [5.74, 6) is -3.71. The third kappa shape index (κ3) is 5.30. The monoisotopic (exact) mass is 565 g/mol. The highest BCUT2D eigenvalue weighted by Crippen LogP contribution is 2.39. The molecular weight excluding hydrogens is 537 g/mol. The molecule has 1 N–H and O–H groups in total. The zero-order valence-corrected chi connectivity index (χ0v) is 23.1. The number of Topliss-reactive ketones (excluding diaryl/α,β-unsaturated/α-hetero) is 1. The van der Waals surface area contributed by atoms with Gasteiger partial charge in [0.05, 0.1) is 41.5 Å². The van der Waals surface area contributed by atoms with Gasteiger partial charge in [-0.15, -0.1) is 0 Å². The first-order chi connectivity index (χ1) is 17.5. The number of rotatable bonds is 6. The zero-order valence-electron chi connectivity index (χ0n) is 21.5. The fourth-order valence-corrected chi connectivity index (χ4v) is 6.91. The number of nitrogens with zero attached hydrogens (tertiary/aromatic N) is 2. The van der Waals surface area contributed by atoms with E-state index in [4.69, 9.17) is 4.74 Å². The molecule has 0 bridgehead atoms. The predicted molar refractivity (Wildman–Crippen MR) is 139 cm³/mol. The molecule has 1 saturated heterocycles. The SMILES string of the molecule is COc1cc(CN2C(=O)C(C3=Nc4ccc(NS(C)(=O)=O)cc4S(=O)(=O)C3)C(=O)C2C(C)(C)C)ccc1F. The molecule has 38 heavy (non-hydrogen) atoms. The number of fused-ring (bicyclic) bond motifs is 1. The average molecular weight is 566 g/mol. The zero-order chi connectivity index (χ0) is 28.2. The minimum atomic E-state index is -4.04. The third-order valence-electron chi connectivity index (χ3n) is 6.32. The molecule has 2 unspecified atom stereocenters. The largest absolute Gasteiger partial charge is 0.494 e. The molecular formula is C25H28FN3O7S2. The molecule has 2 heterocycles. The molecule has 2 aliphatic rings. The standard InChI is InChI=1S/C25H28FN3O7S2/c1-25(2,3)23-22(30)21(24(31)29(23)12-14-6-8-16(26)19(10-14)36-4)18-13-38(34,35)20-11-15(28-37(5,32)33)7-9-17(20)27-18/h6-11,21,23,28H,12-13H2,1-5H3. The molecule has 13 heteroatoms. The van der Waals surface area contributed by atoms with Gasteiger partial charge in [-0.3, -0.25) is 19.3 Å². The van der Waals surface area contributed by atoms with Crippen LogP contribution in [0.1, 0.15) is 26.3 Å². The van der Waals surface area contributed by atoms with Crippen molar-refractivity contribution in [2.24, 2.45) is 16.3 Å². The summed E-state index contributed by atoms with van der Waals surface area (Å²) in [6.07, 6.45) is 0.938. The Bertz CT molecular complexity index is 1580. The first kappa shape index (κ1) is 27.7. The van der Waals surface area contributed by atoms with Crippen molar-refractivity contribution in [3.05, 3.63) is 47.8 Å². The van der Waals surface area contributed by atoms with Crippen molar-refractivity contribution in [2.45, 2.75) is 38.3 Å². The van der Waals surface area contributed by atoms with E-state index in [9.17, 15) is 30.8 Å². The Balaban J connectivity index is 1.74. The fraction of sp³-hybridized carbons (Fsp3) is 0.400. The molecule has 2 atom stereocenters. The molecule has 0 aromatic heterocycles. The highest BCUT2D eigenvalue weighted by atomic mass is 32.2. The lowest BCUT2D eigenvalue weighted by Crippen LogP contribution is -2.44.